The van der Waals surface area contributed by atoms with Crippen molar-refractivity contribution in [1.82, 2.24) is 0 Å². The van der Waals surface area contributed by atoms with Gasteiger partial charge in [0.25, 0.3) is 0 Å². The molecule has 0 unspecified atom stereocenters. The van der Waals surface area contributed by atoms with Crippen molar-refractivity contribution in [3.8, 4) is 0 Å². The Morgan fingerprint density at radius 3 is 1.22 bits per heavy atom. The maximum absolute atomic E-state index is 15.3. The number of halogens is 1. The van der Waals surface area contributed by atoms with Crippen molar-refractivity contribution in [2.45, 2.75) is 194 Å². The minimum absolute atomic E-state index is 0.123. The van der Waals surface area contributed by atoms with Crippen molar-refractivity contribution in [2.75, 3.05) is 18.0 Å². The number of nitrogens with zero attached hydrogens (tertiary/aromatic N) is 2. The third-order valence-electron chi connectivity index (χ3n) is 10.4. The quantitative estimate of drug-likeness (QED) is 0.0539. The van der Waals surface area contributed by atoms with Gasteiger partial charge in [0.05, 0.1) is 0 Å². The number of unbranched alkanes of at least 4 members (excludes halogenated alkanes) is 26. The summed E-state index contributed by atoms with van der Waals surface area (Å²) in [6.45, 7) is 6.66. The van der Waals surface area contributed by atoms with E-state index in [4.69, 9.17) is 0 Å². The van der Waals surface area contributed by atoms with E-state index in [9.17, 15) is 0 Å². The van der Waals surface area contributed by atoms with Crippen molar-refractivity contribution in [1.29, 1.82) is 0 Å². The molecule has 2 rings (SSSR count). The molecule has 1 aromatic carbocycles. The summed E-state index contributed by atoms with van der Waals surface area (Å²) >= 11 is 0. The molecule has 1 aromatic heterocycles. The number of benzene rings is 1. The van der Waals surface area contributed by atoms with Gasteiger partial charge >= 0.3 is 0 Å². The fourth-order valence-corrected chi connectivity index (χ4v) is 7.02. The van der Waals surface area contributed by atoms with E-state index in [0.29, 0.717) is 5.56 Å². The van der Waals surface area contributed by atoms with E-state index < -0.39 is 0 Å². The Labute approximate surface area is 304 Å². The van der Waals surface area contributed by atoms with Crippen LogP contribution in [0.3, 0.4) is 0 Å². The lowest BCUT2D eigenvalue weighted by Crippen LogP contribution is -2.26. The SMILES string of the molecule is CCCCCCCCCCCCCCCCN(CCCCCCCCCCCCCCCC)c1ccc(/C=C/c2cc[n+](C)cc2)c(F)c1. The first kappa shape index (κ1) is 43.0. The molecule has 2 aromatic rings. The zero-order chi connectivity index (χ0) is 35.0. The van der Waals surface area contributed by atoms with Crippen LogP contribution >= 0.6 is 0 Å². The van der Waals surface area contributed by atoms with Gasteiger partial charge in [0.2, 0.25) is 0 Å². The Hall–Kier alpha value is -2.16. The molecule has 0 bridgehead atoms. The van der Waals surface area contributed by atoms with E-state index in [-0.39, 0.29) is 5.82 Å². The summed E-state index contributed by atoms with van der Waals surface area (Å²) in [4.78, 5) is 2.47. The second-order valence-corrected chi connectivity index (χ2v) is 15.0. The van der Waals surface area contributed by atoms with E-state index >= 15 is 4.39 Å². The molecule has 278 valence electrons. The first-order valence-corrected chi connectivity index (χ1v) is 21.3. The number of rotatable bonds is 33. The van der Waals surface area contributed by atoms with Crippen LogP contribution in [0.5, 0.6) is 0 Å². The Balaban J connectivity index is 1.71. The van der Waals surface area contributed by atoms with Crippen LogP contribution in [0.4, 0.5) is 10.1 Å². The van der Waals surface area contributed by atoms with Gasteiger partial charge in [-0.05, 0) is 36.6 Å². The van der Waals surface area contributed by atoms with Gasteiger partial charge in [-0.2, -0.15) is 0 Å². The summed E-state index contributed by atoms with van der Waals surface area (Å²) in [5.41, 5.74) is 2.79. The molecule has 2 nitrogen and oxygen atoms in total. The molecule has 0 radical (unpaired) electrons. The second-order valence-electron chi connectivity index (χ2n) is 15.0. The van der Waals surface area contributed by atoms with Crippen molar-refractivity contribution >= 4 is 17.8 Å². The minimum Gasteiger partial charge on any atom is -0.371 e. The second kappa shape index (κ2) is 30.6. The zero-order valence-electron chi connectivity index (χ0n) is 32.7. The summed E-state index contributed by atoms with van der Waals surface area (Å²) in [5.74, 6) is -0.123. The molecule has 0 aliphatic rings. The number of hydrogen-bond donors (Lipinski definition) is 0. The summed E-state index contributed by atoms with van der Waals surface area (Å²) in [6, 6.07) is 9.99. The third-order valence-corrected chi connectivity index (χ3v) is 10.4. The highest BCUT2D eigenvalue weighted by Gasteiger charge is 2.10. The van der Waals surface area contributed by atoms with Crippen LogP contribution in [-0.2, 0) is 7.05 Å². The molecular formula is C46H78FN2+. The highest BCUT2D eigenvalue weighted by molar-refractivity contribution is 5.70. The highest BCUT2D eigenvalue weighted by atomic mass is 19.1. The Bertz CT molecular complexity index is 1010. The van der Waals surface area contributed by atoms with E-state index in [2.05, 4.69) is 36.9 Å². The van der Waals surface area contributed by atoms with E-state index in [1.807, 2.05) is 42.2 Å². The lowest BCUT2D eigenvalue weighted by Gasteiger charge is -2.25. The van der Waals surface area contributed by atoms with E-state index in [1.165, 1.54) is 180 Å². The molecule has 0 amide bonds. The topological polar surface area (TPSA) is 7.12 Å². The van der Waals surface area contributed by atoms with Gasteiger partial charge in [-0.1, -0.05) is 193 Å². The predicted octanol–water partition coefficient (Wildman–Crippen LogP) is 14.6. The lowest BCUT2D eigenvalue weighted by atomic mass is 10.0. The molecule has 0 saturated heterocycles. The molecular weight excluding hydrogens is 600 g/mol. The van der Waals surface area contributed by atoms with Crippen LogP contribution in [0, 0.1) is 5.82 Å². The predicted molar refractivity (Wildman–Crippen MR) is 216 cm³/mol. The molecule has 1 heterocycles. The van der Waals surface area contributed by atoms with E-state index in [1.54, 1.807) is 6.07 Å². The maximum Gasteiger partial charge on any atom is 0.169 e. The number of pyridine rings is 1. The number of hydrogen-bond acceptors (Lipinski definition) is 1. The molecule has 0 atom stereocenters. The standard InChI is InChI=1S/C46H78FN2/c1-4-6-8-10-12-14-16-18-20-22-24-26-28-30-38-49(39-31-29-27-25-23-21-19-17-15-13-11-9-7-5-2)45-35-34-44(46(47)42-45)33-32-43-36-40-48(3)41-37-43/h32-37,40-42H,4-31,38-39H2,1-3H3/q+1. The normalized spacial score (nSPS) is 11.6. The molecule has 0 aliphatic carbocycles. The first-order chi connectivity index (χ1) is 24.1. The molecule has 0 saturated carbocycles. The van der Waals surface area contributed by atoms with Gasteiger partial charge in [-0.15, -0.1) is 0 Å². The Morgan fingerprint density at radius 1 is 0.490 bits per heavy atom. The molecule has 0 fully saturated rings. The summed E-state index contributed by atoms with van der Waals surface area (Å²) in [5, 5.41) is 0. The average Bonchev–Trinajstić information content (AvgIpc) is 3.11. The van der Waals surface area contributed by atoms with E-state index in [0.717, 1.165) is 24.3 Å². The zero-order valence-corrected chi connectivity index (χ0v) is 32.7. The summed E-state index contributed by atoms with van der Waals surface area (Å²) < 4.78 is 17.3. The van der Waals surface area contributed by atoms with Crippen LogP contribution < -0.4 is 9.47 Å². The average molecular weight is 678 g/mol. The summed E-state index contributed by atoms with van der Waals surface area (Å²) in [7, 11) is 2.01. The summed E-state index contributed by atoms with van der Waals surface area (Å²) in [6.07, 6.45) is 46.6. The van der Waals surface area contributed by atoms with Crippen molar-refractivity contribution in [2.24, 2.45) is 7.05 Å². The van der Waals surface area contributed by atoms with Crippen molar-refractivity contribution in [3.05, 3.63) is 59.7 Å². The highest BCUT2D eigenvalue weighted by Crippen LogP contribution is 2.23. The molecule has 0 N–H and O–H groups in total. The van der Waals surface area contributed by atoms with Crippen LogP contribution in [0.25, 0.3) is 12.2 Å². The van der Waals surface area contributed by atoms with Crippen LogP contribution in [0.15, 0.2) is 42.7 Å². The lowest BCUT2D eigenvalue weighted by molar-refractivity contribution is -0.671. The minimum atomic E-state index is -0.123. The monoisotopic (exact) mass is 678 g/mol. The van der Waals surface area contributed by atoms with Crippen LogP contribution in [0.1, 0.15) is 205 Å². The van der Waals surface area contributed by atoms with Gasteiger partial charge < -0.3 is 4.90 Å². The Kier molecular flexibility index (Phi) is 26.9. The fourth-order valence-electron chi connectivity index (χ4n) is 7.02. The molecule has 0 aliphatic heterocycles. The van der Waals surface area contributed by atoms with Gasteiger partial charge in [0.15, 0.2) is 12.4 Å². The van der Waals surface area contributed by atoms with Crippen molar-refractivity contribution in [3.63, 3.8) is 0 Å². The number of aromatic nitrogens is 1. The fraction of sp³-hybridized carbons (Fsp3) is 0.717. The number of anilines is 1. The maximum atomic E-state index is 15.3. The molecule has 3 heteroatoms. The largest absolute Gasteiger partial charge is 0.371 e. The third kappa shape index (κ3) is 23.0. The first-order valence-electron chi connectivity index (χ1n) is 21.3. The van der Waals surface area contributed by atoms with Crippen LogP contribution in [0.2, 0.25) is 0 Å². The van der Waals surface area contributed by atoms with Gasteiger partial charge in [0, 0.05) is 36.5 Å². The smallest absolute Gasteiger partial charge is 0.169 e. The van der Waals surface area contributed by atoms with Gasteiger partial charge in [-0.25, -0.2) is 8.96 Å². The van der Waals surface area contributed by atoms with Gasteiger partial charge in [0.1, 0.15) is 12.9 Å². The van der Waals surface area contributed by atoms with Gasteiger partial charge in [-0.3, -0.25) is 0 Å². The molecule has 0 spiro atoms. The molecule has 49 heavy (non-hydrogen) atoms. The Morgan fingerprint density at radius 2 is 0.857 bits per heavy atom. The van der Waals surface area contributed by atoms with Crippen LogP contribution in [-0.4, -0.2) is 13.1 Å². The number of aryl methyl sites for hydroxylation is 1. The van der Waals surface area contributed by atoms with Crippen molar-refractivity contribution < 1.29 is 8.96 Å².